The zero-order chi connectivity index (χ0) is 27.6. The maximum atomic E-state index is 13.4. The molecule has 0 aliphatic rings. The van der Waals surface area contributed by atoms with E-state index in [2.05, 4.69) is 5.32 Å². The van der Waals surface area contributed by atoms with Crippen LogP contribution in [-0.2, 0) is 26.2 Å². The Hall–Kier alpha value is -3.14. The van der Waals surface area contributed by atoms with Crippen molar-refractivity contribution < 1.29 is 27.1 Å². The van der Waals surface area contributed by atoms with Crippen LogP contribution in [-0.4, -0.2) is 57.6 Å². The van der Waals surface area contributed by atoms with Crippen molar-refractivity contribution in [3.05, 3.63) is 59.9 Å². The highest BCUT2D eigenvalue weighted by Gasteiger charge is 2.29. The summed E-state index contributed by atoms with van der Waals surface area (Å²) in [5.74, 6) is -0.148. The number of amides is 2. The first-order chi connectivity index (χ1) is 17.5. The first kappa shape index (κ1) is 30.1. The number of hydrogen-bond donors (Lipinski definition) is 1. The van der Waals surface area contributed by atoms with Crippen molar-refractivity contribution in [1.82, 2.24) is 10.2 Å². The average molecular weight is 536 g/mol. The monoisotopic (exact) mass is 535 g/mol. The van der Waals surface area contributed by atoms with Crippen LogP contribution >= 0.6 is 0 Å². The molecule has 0 spiro atoms. The van der Waals surface area contributed by atoms with Crippen molar-refractivity contribution in [3.8, 4) is 5.75 Å². The van der Waals surface area contributed by atoms with Crippen LogP contribution in [0.5, 0.6) is 5.75 Å². The van der Waals surface area contributed by atoms with Gasteiger partial charge in [0.05, 0.1) is 19.1 Å². The summed E-state index contributed by atoms with van der Waals surface area (Å²) in [4.78, 5) is 27.9. The highest BCUT2D eigenvalue weighted by molar-refractivity contribution is 7.92. The molecule has 0 radical (unpaired) electrons. The van der Waals surface area contributed by atoms with Crippen molar-refractivity contribution in [3.63, 3.8) is 0 Å². The fraction of sp³-hybridized carbons (Fsp3) is 0.481. The highest BCUT2D eigenvalue weighted by atomic mass is 32.2. The van der Waals surface area contributed by atoms with Gasteiger partial charge in [0.1, 0.15) is 17.6 Å². The van der Waals surface area contributed by atoms with Crippen LogP contribution in [0.4, 0.5) is 10.1 Å². The van der Waals surface area contributed by atoms with Crippen molar-refractivity contribution in [1.29, 1.82) is 0 Å². The fourth-order valence-corrected chi connectivity index (χ4v) is 4.86. The largest absolute Gasteiger partial charge is 0.497 e. The normalized spacial score (nSPS) is 12.2. The molecule has 0 bridgehead atoms. The maximum absolute atomic E-state index is 13.4. The van der Waals surface area contributed by atoms with E-state index in [1.165, 1.54) is 28.4 Å². The van der Waals surface area contributed by atoms with Gasteiger partial charge in [-0.25, -0.2) is 12.8 Å². The van der Waals surface area contributed by atoms with Crippen molar-refractivity contribution >= 4 is 27.5 Å². The van der Waals surface area contributed by atoms with E-state index in [0.29, 0.717) is 30.0 Å². The number of nitrogens with one attached hydrogen (secondary N) is 1. The maximum Gasteiger partial charge on any atom is 0.242 e. The van der Waals surface area contributed by atoms with E-state index in [-0.39, 0.29) is 49.5 Å². The quantitative estimate of drug-likeness (QED) is 0.395. The molecule has 8 nitrogen and oxygen atoms in total. The summed E-state index contributed by atoms with van der Waals surface area (Å²) in [6.45, 7) is 6.50. The summed E-state index contributed by atoms with van der Waals surface area (Å²) in [6.07, 6.45) is 1.79. The van der Waals surface area contributed by atoms with Crippen LogP contribution < -0.4 is 14.4 Å². The third kappa shape index (κ3) is 9.35. The molecule has 0 aliphatic carbocycles. The summed E-state index contributed by atoms with van der Waals surface area (Å²) in [5.41, 5.74) is 1.14. The van der Waals surface area contributed by atoms with E-state index in [9.17, 15) is 22.4 Å². The topological polar surface area (TPSA) is 96.0 Å². The predicted octanol–water partition coefficient (Wildman–Crippen LogP) is 3.96. The zero-order valence-electron chi connectivity index (χ0n) is 22.2. The van der Waals surface area contributed by atoms with Gasteiger partial charge in [0.25, 0.3) is 0 Å². The van der Waals surface area contributed by atoms with Gasteiger partial charge >= 0.3 is 0 Å². The van der Waals surface area contributed by atoms with Crippen molar-refractivity contribution in [2.24, 2.45) is 5.92 Å². The third-order valence-electron chi connectivity index (χ3n) is 5.83. The third-order valence-corrected chi connectivity index (χ3v) is 7.02. The first-order valence-corrected chi connectivity index (χ1v) is 14.2. The number of sulfonamides is 1. The highest BCUT2D eigenvalue weighted by Crippen LogP contribution is 2.24. The van der Waals surface area contributed by atoms with Crippen LogP contribution in [0, 0.1) is 11.7 Å². The molecule has 1 atom stereocenters. The molecule has 2 rings (SSSR count). The summed E-state index contributed by atoms with van der Waals surface area (Å²) in [6, 6.07) is 11.8. The molecular formula is C27H38FN3O5S. The molecule has 204 valence electrons. The van der Waals surface area contributed by atoms with Crippen LogP contribution in [0.2, 0.25) is 0 Å². The minimum absolute atomic E-state index is 0.0329. The Labute approximate surface area is 219 Å². The molecule has 10 heteroatoms. The molecule has 2 aromatic rings. The van der Waals surface area contributed by atoms with Crippen LogP contribution in [0.3, 0.4) is 0 Å². The number of carbonyl (C=O) groups is 2. The second kappa shape index (κ2) is 14.0. The number of halogens is 1. The van der Waals surface area contributed by atoms with E-state index in [4.69, 9.17) is 4.74 Å². The lowest BCUT2D eigenvalue weighted by molar-refractivity contribution is -0.141. The molecule has 37 heavy (non-hydrogen) atoms. The Kier molecular flexibility index (Phi) is 11.4. The van der Waals surface area contributed by atoms with Crippen molar-refractivity contribution in [2.75, 3.05) is 30.8 Å². The smallest absolute Gasteiger partial charge is 0.242 e. The Balaban J connectivity index is 2.21. The van der Waals surface area contributed by atoms with Crippen LogP contribution in [0.25, 0.3) is 0 Å². The molecule has 2 amide bonds. The minimum Gasteiger partial charge on any atom is -0.497 e. The molecule has 0 aliphatic heterocycles. The number of benzene rings is 2. The number of hydrogen-bond acceptors (Lipinski definition) is 5. The van der Waals surface area contributed by atoms with Crippen molar-refractivity contribution in [2.45, 2.75) is 52.6 Å². The lowest BCUT2D eigenvalue weighted by Gasteiger charge is -2.31. The second-order valence-corrected chi connectivity index (χ2v) is 11.3. The number of anilines is 1. The molecule has 0 saturated carbocycles. The number of nitrogens with zero attached hydrogens (tertiary/aromatic N) is 2. The fourth-order valence-electron chi connectivity index (χ4n) is 3.90. The molecule has 2 aromatic carbocycles. The van der Waals surface area contributed by atoms with Gasteiger partial charge in [-0.05, 0) is 48.6 Å². The SMILES string of the molecule is CCC(C(=O)NCC(C)C)N(Cc1ccc(F)cc1)C(=O)CCCN(c1cccc(OC)c1)S(C)(=O)=O. The van der Waals surface area contributed by atoms with E-state index in [0.717, 1.165) is 6.26 Å². The van der Waals surface area contributed by atoms with Crippen LogP contribution in [0.15, 0.2) is 48.5 Å². The Bertz CT molecular complexity index is 1140. The molecule has 0 fully saturated rings. The van der Waals surface area contributed by atoms with Gasteiger partial charge < -0.3 is 15.0 Å². The number of ether oxygens (including phenoxy) is 1. The zero-order valence-corrected chi connectivity index (χ0v) is 23.1. The van der Waals surface area contributed by atoms with Gasteiger partial charge in [-0.1, -0.05) is 39.0 Å². The molecule has 1 unspecified atom stereocenters. The van der Waals surface area contributed by atoms with Gasteiger partial charge in [0, 0.05) is 32.1 Å². The second-order valence-electron chi connectivity index (χ2n) is 9.35. The molecule has 0 heterocycles. The summed E-state index contributed by atoms with van der Waals surface area (Å²) >= 11 is 0. The van der Waals surface area contributed by atoms with Gasteiger partial charge in [-0.2, -0.15) is 0 Å². The Morgan fingerprint density at radius 1 is 1.11 bits per heavy atom. The molecular weight excluding hydrogens is 497 g/mol. The van der Waals surface area contributed by atoms with Gasteiger partial charge in [0.2, 0.25) is 21.8 Å². The molecule has 0 aromatic heterocycles. The number of carbonyl (C=O) groups excluding carboxylic acids is 2. The average Bonchev–Trinajstić information content (AvgIpc) is 2.85. The van der Waals surface area contributed by atoms with Gasteiger partial charge in [0.15, 0.2) is 0 Å². The number of methoxy groups -OCH3 is 1. The van der Waals surface area contributed by atoms with Crippen LogP contribution in [0.1, 0.15) is 45.6 Å². The molecule has 1 N–H and O–H groups in total. The summed E-state index contributed by atoms with van der Waals surface area (Å²) in [7, 11) is -2.11. The Morgan fingerprint density at radius 3 is 2.35 bits per heavy atom. The van der Waals surface area contributed by atoms with Gasteiger partial charge in [-0.3, -0.25) is 13.9 Å². The van der Waals surface area contributed by atoms with E-state index in [1.54, 1.807) is 36.4 Å². The predicted molar refractivity (Wildman–Crippen MR) is 143 cm³/mol. The van der Waals surface area contributed by atoms with E-state index >= 15 is 0 Å². The first-order valence-electron chi connectivity index (χ1n) is 12.4. The standard InChI is InChI=1S/C27H38FN3O5S/c1-6-25(27(33)29-18-20(2)3)30(19-21-12-14-22(28)15-13-21)26(32)11-8-16-31(37(5,34)35)23-9-7-10-24(17-23)36-4/h7,9-10,12-15,17,20,25H,6,8,11,16,18-19H2,1-5H3,(H,29,33). The summed E-state index contributed by atoms with van der Waals surface area (Å²) < 4.78 is 44.8. The summed E-state index contributed by atoms with van der Waals surface area (Å²) in [5, 5.41) is 2.90. The lowest BCUT2D eigenvalue weighted by Crippen LogP contribution is -2.49. The lowest BCUT2D eigenvalue weighted by atomic mass is 10.1. The van der Waals surface area contributed by atoms with E-state index in [1.807, 2.05) is 20.8 Å². The van der Waals surface area contributed by atoms with E-state index < -0.39 is 16.1 Å². The molecule has 0 saturated heterocycles. The minimum atomic E-state index is -3.61. The van der Waals surface area contributed by atoms with Gasteiger partial charge in [-0.15, -0.1) is 0 Å². The number of rotatable bonds is 14. The Morgan fingerprint density at radius 2 is 1.78 bits per heavy atom.